The average Bonchev–Trinajstić information content (AvgIpc) is 2.97. The molecular formula is C12H20N6S. The molecule has 0 unspecified atom stereocenters. The van der Waals surface area contributed by atoms with Crippen LogP contribution in [0.15, 0.2) is 11.6 Å². The number of likely N-dealkylation sites (N-methyl/N-ethyl adjacent to an activating group) is 1. The lowest BCUT2D eigenvalue weighted by atomic mass is 10.4. The van der Waals surface area contributed by atoms with Crippen LogP contribution in [-0.4, -0.2) is 45.5 Å². The fraction of sp³-hybridized carbons (Fsp3) is 0.583. The lowest BCUT2D eigenvalue weighted by Gasteiger charge is -2.14. The molecule has 2 heterocycles. The zero-order valence-corrected chi connectivity index (χ0v) is 12.4. The van der Waals surface area contributed by atoms with Crippen LogP contribution in [0.4, 0.5) is 0 Å². The van der Waals surface area contributed by atoms with Gasteiger partial charge in [-0.1, -0.05) is 5.21 Å². The lowest BCUT2D eigenvalue weighted by molar-refractivity contribution is 0.301. The van der Waals surface area contributed by atoms with Gasteiger partial charge in [0.15, 0.2) is 0 Å². The van der Waals surface area contributed by atoms with Gasteiger partial charge in [-0.15, -0.1) is 16.4 Å². The first-order valence-corrected chi connectivity index (χ1v) is 7.18. The van der Waals surface area contributed by atoms with Gasteiger partial charge in [0.25, 0.3) is 0 Å². The molecule has 104 valence electrons. The summed E-state index contributed by atoms with van der Waals surface area (Å²) in [5.74, 6) is 0. The van der Waals surface area contributed by atoms with Crippen molar-refractivity contribution in [3.63, 3.8) is 0 Å². The Bertz CT molecular complexity index is 506. The first kappa shape index (κ1) is 14.1. The summed E-state index contributed by atoms with van der Waals surface area (Å²) >= 11 is 1.70. The zero-order chi connectivity index (χ0) is 13.7. The van der Waals surface area contributed by atoms with Gasteiger partial charge in [-0.3, -0.25) is 9.58 Å². The van der Waals surface area contributed by atoms with Crippen LogP contribution in [0, 0.1) is 6.92 Å². The van der Waals surface area contributed by atoms with E-state index in [9.17, 15) is 0 Å². The summed E-state index contributed by atoms with van der Waals surface area (Å²) in [5.41, 5.74) is 2.11. The average molecular weight is 280 g/mol. The molecule has 0 radical (unpaired) electrons. The van der Waals surface area contributed by atoms with Crippen molar-refractivity contribution in [2.45, 2.75) is 26.6 Å². The van der Waals surface area contributed by atoms with Gasteiger partial charge in [-0.2, -0.15) is 0 Å². The summed E-state index contributed by atoms with van der Waals surface area (Å²) in [7, 11) is 4.00. The van der Waals surface area contributed by atoms with E-state index in [2.05, 4.69) is 37.9 Å². The van der Waals surface area contributed by atoms with E-state index in [1.54, 1.807) is 11.3 Å². The van der Waals surface area contributed by atoms with Crippen LogP contribution in [0.3, 0.4) is 0 Å². The molecule has 2 aromatic heterocycles. The molecule has 2 rings (SSSR count). The summed E-state index contributed by atoms with van der Waals surface area (Å²) in [5, 5.41) is 14.5. The second-order valence-corrected chi connectivity index (χ2v) is 5.66. The molecular weight excluding hydrogens is 260 g/mol. The maximum atomic E-state index is 4.47. The van der Waals surface area contributed by atoms with Gasteiger partial charge >= 0.3 is 0 Å². The standard InChI is InChI=1S/C12H20N6S/c1-10-14-12(9-19-10)7-17(3)4-5-18-8-11(6-13-2)15-16-18/h8-9,13H,4-7H2,1-3H3. The fourth-order valence-electron chi connectivity index (χ4n) is 1.82. The van der Waals surface area contributed by atoms with E-state index in [1.807, 2.05) is 24.9 Å². The Morgan fingerprint density at radius 1 is 1.42 bits per heavy atom. The molecule has 0 aromatic carbocycles. The van der Waals surface area contributed by atoms with Crippen LogP contribution >= 0.6 is 11.3 Å². The largest absolute Gasteiger partial charge is 0.314 e. The molecule has 0 aliphatic carbocycles. The van der Waals surface area contributed by atoms with Crippen LogP contribution in [-0.2, 0) is 19.6 Å². The molecule has 2 aromatic rings. The Hall–Kier alpha value is -1.31. The number of nitrogens with zero attached hydrogens (tertiary/aromatic N) is 5. The quantitative estimate of drug-likeness (QED) is 0.816. The molecule has 0 saturated heterocycles. The third-order valence-electron chi connectivity index (χ3n) is 2.75. The molecule has 0 atom stereocenters. The Kier molecular flexibility index (Phi) is 5.00. The van der Waals surface area contributed by atoms with E-state index in [4.69, 9.17) is 0 Å². The number of aryl methyl sites for hydroxylation is 1. The van der Waals surface area contributed by atoms with E-state index in [1.165, 1.54) is 0 Å². The van der Waals surface area contributed by atoms with Crippen LogP contribution in [0.5, 0.6) is 0 Å². The highest BCUT2D eigenvalue weighted by molar-refractivity contribution is 7.09. The van der Waals surface area contributed by atoms with Crippen molar-refractivity contribution < 1.29 is 0 Å². The van der Waals surface area contributed by atoms with Crippen LogP contribution in [0.2, 0.25) is 0 Å². The van der Waals surface area contributed by atoms with Crippen LogP contribution < -0.4 is 5.32 Å². The molecule has 19 heavy (non-hydrogen) atoms. The van der Waals surface area contributed by atoms with Crippen molar-refractivity contribution in [3.8, 4) is 0 Å². The first-order chi connectivity index (χ1) is 9.17. The lowest BCUT2D eigenvalue weighted by Crippen LogP contribution is -2.23. The molecule has 0 aliphatic rings. The van der Waals surface area contributed by atoms with Crippen molar-refractivity contribution in [1.29, 1.82) is 0 Å². The third kappa shape index (κ3) is 4.38. The number of rotatable bonds is 7. The SMILES string of the molecule is CNCc1cn(CCN(C)Cc2csc(C)n2)nn1. The Morgan fingerprint density at radius 2 is 2.26 bits per heavy atom. The van der Waals surface area contributed by atoms with Gasteiger partial charge in [0.2, 0.25) is 0 Å². The normalized spacial score (nSPS) is 11.4. The second kappa shape index (κ2) is 6.74. The zero-order valence-electron chi connectivity index (χ0n) is 11.6. The maximum Gasteiger partial charge on any atom is 0.0964 e. The summed E-state index contributed by atoms with van der Waals surface area (Å²) in [4.78, 5) is 6.71. The third-order valence-corrected chi connectivity index (χ3v) is 3.58. The minimum absolute atomic E-state index is 0.758. The van der Waals surface area contributed by atoms with E-state index in [0.717, 1.165) is 42.6 Å². The summed E-state index contributed by atoms with van der Waals surface area (Å²) < 4.78 is 1.88. The first-order valence-electron chi connectivity index (χ1n) is 6.30. The Labute approximate surface area is 117 Å². The van der Waals surface area contributed by atoms with Crippen molar-refractivity contribution >= 4 is 11.3 Å². The fourth-order valence-corrected chi connectivity index (χ4v) is 2.42. The number of nitrogens with one attached hydrogen (secondary N) is 1. The maximum absolute atomic E-state index is 4.47. The molecule has 6 nitrogen and oxygen atoms in total. The molecule has 0 spiro atoms. The highest BCUT2D eigenvalue weighted by atomic mass is 32.1. The van der Waals surface area contributed by atoms with E-state index >= 15 is 0 Å². The predicted octanol–water partition coefficient (Wildman–Crippen LogP) is 0.894. The van der Waals surface area contributed by atoms with Gasteiger partial charge in [-0.05, 0) is 21.0 Å². The van der Waals surface area contributed by atoms with Gasteiger partial charge in [0.05, 0.1) is 22.9 Å². The highest BCUT2D eigenvalue weighted by Gasteiger charge is 2.05. The molecule has 0 saturated carbocycles. The van der Waals surface area contributed by atoms with Gasteiger partial charge < -0.3 is 5.32 Å². The van der Waals surface area contributed by atoms with Crippen molar-refractivity contribution in [2.75, 3.05) is 20.6 Å². The Morgan fingerprint density at radius 3 is 2.95 bits per heavy atom. The molecule has 0 fully saturated rings. The monoisotopic (exact) mass is 280 g/mol. The molecule has 1 N–H and O–H groups in total. The second-order valence-electron chi connectivity index (χ2n) is 4.60. The Balaban J connectivity index is 1.77. The van der Waals surface area contributed by atoms with Crippen molar-refractivity contribution in [1.82, 2.24) is 30.2 Å². The minimum Gasteiger partial charge on any atom is -0.314 e. The van der Waals surface area contributed by atoms with E-state index < -0.39 is 0 Å². The summed E-state index contributed by atoms with van der Waals surface area (Å²) in [6, 6.07) is 0. The van der Waals surface area contributed by atoms with Gasteiger partial charge in [0.1, 0.15) is 0 Å². The number of aromatic nitrogens is 4. The molecule has 7 heteroatoms. The summed E-state index contributed by atoms with van der Waals surface area (Å²) in [6.45, 7) is 5.44. The van der Waals surface area contributed by atoms with Crippen molar-refractivity contribution in [2.24, 2.45) is 0 Å². The van der Waals surface area contributed by atoms with E-state index in [-0.39, 0.29) is 0 Å². The predicted molar refractivity (Wildman–Crippen MR) is 76.0 cm³/mol. The topological polar surface area (TPSA) is 58.9 Å². The van der Waals surface area contributed by atoms with E-state index in [0.29, 0.717) is 0 Å². The highest BCUT2D eigenvalue weighted by Crippen LogP contribution is 2.09. The summed E-state index contributed by atoms with van der Waals surface area (Å²) in [6.07, 6.45) is 1.98. The molecule has 0 amide bonds. The van der Waals surface area contributed by atoms with Crippen molar-refractivity contribution in [3.05, 3.63) is 28.0 Å². The van der Waals surface area contributed by atoms with Gasteiger partial charge in [-0.25, -0.2) is 4.98 Å². The van der Waals surface area contributed by atoms with Crippen LogP contribution in [0.1, 0.15) is 16.4 Å². The smallest absolute Gasteiger partial charge is 0.0964 e. The molecule has 0 bridgehead atoms. The number of hydrogen-bond acceptors (Lipinski definition) is 6. The number of hydrogen-bond donors (Lipinski definition) is 1. The molecule has 0 aliphatic heterocycles. The van der Waals surface area contributed by atoms with Crippen LogP contribution in [0.25, 0.3) is 0 Å². The number of thiazole rings is 1. The minimum atomic E-state index is 0.758. The van der Waals surface area contributed by atoms with Gasteiger partial charge in [0, 0.05) is 31.2 Å².